The molecule has 0 atom stereocenters. The van der Waals surface area contributed by atoms with Gasteiger partial charge in [0.2, 0.25) is 6.29 Å². The van der Waals surface area contributed by atoms with Crippen LogP contribution in [-0.4, -0.2) is 30.4 Å². The van der Waals surface area contributed by atoms with Crippen LogP contribution in [0.25, 0.3) is 0 Å². The fourth-order valence-electron chi connectivity index (χ4n) is 1.13. The van der Waals surface area contributed by atoms with Gasteiger partial charge in [0.15, 0.2) is 5.01 Å². The van der Waals surface area contributed by atoms with Gasteiger partial charge in [0, 0.05) is 5.38 Å². The average Bonchev–Trinajstić information content (AvgIpc) is 2.86. The quantitative estimate of drug-likeness (QED) is 0.747. The number of carbonyl (C=O) groups excluding carboxylic acids is 1. The van der Waals surface area contributed by atoms with Crippen LogP contribution in [0.15, 0.2) is 5.38 Å². The molecule has 15 heavy (non-hydrogen) atoms. The van der Waals surface area contributed by atoms with Gasteiger partial charge in [0.25, 0.3) is 5.78 Å². The van der Waals surface area contributed by atoms with Crippen molar-refractivity contribution in [3.05, 3.63) is 16.1 Å². The molecule has 0 saturated carbocycles. The van der Waals surface area contributed by atoms with Crippen LogP contribution < -0.4 is 0 Å². The number of Topliss-reactive ketones (excluding diaryl/α,β-unsaturated/α-hetero) is 1. The summed E-state index contributed by atoms with van der Waals surface area (Å²) in [5.41, 5.74) is 0.376. The highest BCUT2D eigenvalue weighted by Gasteiger charge is 2.25. The van der Waals surface area contributed by atoms with Crippen molar-refractivity contribution in [2.75, 3.05) is 13.2 Å². The van der Waals surface area contributed by atoms with Crippen molar-refractivity contribution in [2.45, 2.75) is 12.7 Å². The number of halogens is 2. The number of thiazole rings is 1. The number of carbonyl (C=O) groups is 1. The molecule has 1 aromatic rings. The predicted molar refractivity (Wildman–Crippen MR) is 47.1 cm³/mol. The molecule has 7 heteroatoms. The summed E-state index contributed by atoms with van der Waals surface area (Å²) in [6.07, 6.45) is -3.64. The molecule has 1 fully saturated rings. The van der Waals surface area contributed by atoms with Gasteiger partial charge in [-0.2, -0.15) is 0 Å². The van der Waals surface area contributed by atoms with E-state index in [1.54, 1.807) is 0 Å². The minimum absolute atomic E-state index is 0.209. The molecule has 0 bridgehead atoms. The van der Waals surface area contributed by atoms with E-state index in [2.05, 4.69) is 4.98 Å². The van der Waals surface area contributed by atoms with Crippen LogP contribution >= 0.6 is 11.3 Å². The van der Waals surface area contributed by atoms with E-state index in [-0.39, 0.29) is 5.01 Å². The fourth-order valence-corrected chi connectivity index (χ4v) is 1.89. The van der Waals surface area contributed by atoms with E-state index in [4.69, 9.17) is 9.47 Å². The maximum absolute atomic E-state index is 12.1. The fraction of sp³-hybridized carbons (Fsp3) is 0.500. The summed E-state index contributed by atoms with van der Waals surface area (Å²) in [6.45, 7) is 0.890. The zero-order valence-electron chi connectivity index (χ0n) is 7.48. The lowest BCUT2D eigenvalue weighted by Gasteiger charge is -2.03. The molecular weight excluding hydrogens is 228 g/mol. The Balaban J connectivity index is 2.12. The normalized spacial score (nSPS) is 17.5. The Labute approximate surface area is 87.8 Å². The molecular formula is C8H7F2NO3S. The van der Waals surface area contributed by atoms with Gasteiger partial charge in [0.05, 0.1) is 13.2 Å². The number of hydrogen-bond acceptors (Lipinski definition) is 5. The Hall–Kier alpha value is -0.920. The van der Waals surface area contributed by atoms with Crippen molar-refractivity contribution in [3.63, 3.8) is 0 Å². The van der Waals surface area contributed by atoms with Crippen molar-refractivity contribution in [2.24, 2.45) is 0 Å². The third kappa shape index (κ3) is 2.19. The molecule has 0 aliphatic carbocycles. The molecule has 82 valence electrons. The van der Waals surface area contributed by atoms with Crippen molar-refractivity contribution in [3.8, 4) is 0 Å². The van der Waals surface area contributed by atoms with Crippen LogP contribution in [0.1, 0.15) is 21.8 Å². The number of aromatic nitrogens is 1. The number of nitrogens with zero attached hydrogens (tertiary/aromatic N) is 1. The third-order valence-corrected chi connectivity index (χ3v) is 2.67. The van der Waals surface area contributed by atoms with Gasteiger partial charge in [-0.1, -0.05) is 0 Å². The molecule has 4 nitrogen and oxygen atoms in total. The lowest BCUT2D eigenvalue weighted by atomic mass is 10.4. The van der Waals surface area contributed by atoms with Gasteiger partial charge < -0.3 is 9.47 Å². The predicted octanol–water partition coefficient (Wildman–Crippen LogP) is 1.64. The first kappa shape index (κ1) is 10.6. The standard InChI is InChI=1S/C8H7F2NO3S/c9-6(10)5(12)7-11-4(3-15-7)8-13-1-2-14-8/h3,6,8H,1-2H2. The summed E-state index contributed by atoms with van der Waals surface area (Å²) < 4.78 is 34.3. The average molecular weight is 235 g/mol. The van der Waals surface area contributed by atoms with E-state index >= 15 is 0 Å². The highest BCUT2D eigenvalue weighted by atomic mass is 32.1. The first-order valence-corrected chi connectivity index (χ1v) is 5.07. The summed E-state index contributed by atoms with van der Waals surface area (Å²) >= 11 is 0.872. The molecule has 0 N–H and O–H groups in total. The summed E-state index contributed by atoms with van der Waals surface area (Å²) in [4.78, 5) is 14.6. The second-order valence-corrected chi connectivity index (χ2v) is 3.67. The molecule has 0 spiro atoms. The molecule has 1 aromatic heterocycles. The Morgan fingerprint density at radius 1 is 1.53 bits per heavy atom. The largest absolute Gasteiger partial charge is 0.345 e. The van der Waals surface area contributed by atoms with E-state index < -0.39 is 18.5 Å². The molecule has 0 radical (unpaired) electrons. The molecule has 0 amide bonds. The SMILES string of the molecule is O=C(c1nc(C2OCCO2)cs1)C(F)F. The lowest BCUT2D eigenvalue weighted by molar-refractivity contribution is -0.0469. The zero-order valence-corrected chi connectivity index (χ0v) is 8.30. The first-order chi connectivity index (χ1) is 7.18. The molecule has 0 unspecified atom stereocenters. The van der Waals surface area contributed by atoms with Crippen LogP contribution in [0.3, 0.4) is 0 Å². The molecule has 2 heterocycles. The van der Waals surface area contributed by atoms with Gasteiger partial charge in [-0.15, -0.1) is 11.3 Å². The van der Waals surface area contributed by atoms with Gasteiger partial charge in [-0.3, -0.25) is 4.79 Å². The summed E-state index contributed by atoms with van der Waals surface area (Å²) in [6, 6.07) is 0. The molecule has 1 aliphatic heterocycles. The monoisotopic (exact) mass is 235 g/mol. The zero-order chi connectivity index (χ0) is 10.8. The van der Waals surface area contributed by atoms with E-state index in [0.717, 1.165) is 11.3 Å². The number of ether oxygens (including phenoxy) is 2. The molecule has 1 aliphatic rings. The topological polar surface area (TPSA) is 48.4 Å². The Morgan fingerprint density at radius 2 is 2.20 bits per heavy atom. The van der Waals surface area contributed by atoms with Crippen molar-refractivity contribution in [1.29, 1.82) is 0 Å². The van der Waals surface area contributed by atoms with Gasteiger partial charge in [0.1, 0.15) is 5.69 Å². The maximum atomic E-state index is 12.1. The van der Waals surface area contributed by atoms with Gasteiger partial charge in [-0.05, 0) is 0 Å². The van der Waals surface area contributed by atoms with E-state index in [1.165, 1.54) is 5.38 Å². The Bertz CT molecular complexity index is 363. The highest BCUT2D eigenvalue weighted by Crippen LogP contribution is 2.25. The second kappa shape index (κ2) is 4.30. The number of hydrogen-bond donors (Lipinski definition) is 0. The third-order valence-electron chi connectivity index (χ3n) is 1.79. The van der Waals surface area contributed by atoms with Crippen LogP contribution in [0.4, 0.5) is 8.78 Å². The maximum Gasteiger partial charge on any atom is 0.303 e. The molecule has 0 aromatic carbocycles. The first-order valence-electron chi connectivity index (χ1n) is 4.19. The van der Waals surface area contributed by atoms with E-state index in [9.17, 15) is 13.6 Å². The lowest BCUT2D eigenvalue weighted by Crippen LogP contribution is -2.10. The smallest absolute Gasteiger partial charge is 0.303 e. The van der Waals surface area contributed by atoms with Gasteiger partial charge >= 0.3 is 6.43 Å². The van der Waals surface area contributed by atoms with E-state index in [1.807, 2.05) is 0 Å². The van der Waals surface area contributed by atoms with Crippen molar-refractivity contribution >= 4 is 17.1 Å². The Kier molecular flexibility index (Phi) is 3.03. The summed E-state index contributed by atoms with van der Waals surface area (Å²) in [7, 11) is 0. The van der Waals surface area contributed by atoms with E-state index in [0.29, 0.717) is 18.9 Å². The van der Waals surface area contributed by atoms with Crippen LogP contribution in [-0.2, 0) is 9.47 Å². The highest BCUT2D eigenvalue weighted by molar-refractivity contribution is 7.11. The summed E-state index contributed by atoms with van der Waals surface area (Å²) in [5.74, 6) is -1.26. The number of ketones is 1. The molecule has 2 rings (SSSR count). The van der Waals surface area contributed by atoms with Crippen LogP contribution in [0, 0.1) is 0 Å². The van der Waals surface area contributed by atoms with Crippen LogP contribution in [0.2, 0.25) is 0 Å². The minimum Gasteiger partial charge on any atom is -0.345 e. The number of rotatable bonds is 3. The molecule has 1 saturated heterocycles. The number of alkyl halides is 2. The van der Waals surface area contributed by atoms with Crippen molar-refractivity contribution < 1.29 is 23.0 Å². The minimum atomic E-state index is -3.02. The van der Waals surface area contributed by atoms with Crippen molar-refractivity contribution in [1.82, 2.24) is 4.98 Å². The van der Waals surface area contributed by atoms with Crippen LogP contribution in [0.5, 0.6) is 0 Å². The second-order valence-electron chi connectivity index (χ2n) is 2.82. The Morgan fingerprint density at radius 3 is 2.80 bits per heavy atom. The summed E-state index contributed by atoms with van der Waals surface area (Å²) in [5, 5.41) is 1.28. The van der Waals surface area contributed by atoms with Gasteiger partial charge in [-0.25, -0.2) is 13.8 Å².